The van der Waals surface area contributed by atoms with Gasteiger partial charge in [0.05, 0.1) is 5.56 Å². The van der Waals surface area contributed by atoms with Crippen molar-refractivity contribution in [3.8, 4) is 0 Å². The molecule has 19 heavy (non-hydrogen) atoms. The predicted octanol–water partition coefficient (Wildman–Crippen LogP) is 2.04. The van der Waals surface area contributed by atoms with Gasteiger partial charge in [-0.2, -0.15) is 0 Å². The van der Waals surface area contributed by atoms with Crippen molar-refractivity contribution in [2.24, 2.45) is 0 Å². The standard InChI is InChI=1S/C15H25N3O/c1-11(2)18(4)10-6-9-17-15(19)14-12(3)7-5-8-13(14)16/h5,7-8,11H,6,9-10,16H2,1-4H3,(H,17,19). The smallest absolute Gasteiger partial charge is 0.253 e. The van der Waals surface area contributed by atoms with Crippen molar-refractivity contribution >= 4 is 11.6 Å². The first-order valence-corrected chi connectivity index (χ1v) is 6.77. The van der Waals surface area contributed by atoms with Gasteiger partial charge in [-0.3, -0.25) is 4.79 Å². The molecule has 0 radical (unpaired) electrons. The van der Waals surface area contributed by atoms with Crippen LogP contribution in [-0.4, -0.2) is 37.0 Å². The fraction of sp³-hybridized carbons (Fsp3) is 0.533. The maximum Gasteiger partial charge on any atom is 0.253 e. The average Bonchev–Trinajstić information content (AvgIpc) is 2.34. The van der Waals surface area contributed by atoms with Crippen molar-refractivity contribution in [1.29, 1.82) is 0 Å². The molecule has 106 valence electrons. The number of nitrogens with one attached hydrogen (secondary N) is 1. The van der Waals surface area contributed by atoms with Gasteiger partial charge >= 0.3 is 0 Å². The molecule has 4 heteroatoms. The van der Waals surface area contributed by atoms with Crippen LogP contribution in [0.15, 0.2) is 18.2 Å². The van der Waals surface area contributed by atoms with Crippen molar-refractivity contribution < 1.29 is 4.79 Å². The summed E-state index contributed by atoms with van der Waals surface area (Å²) in [6.45, 7) is 7.86. The molecule has 0 bridgehead atoms. The summed E-state index contributed by atoms with van der Waals surface area (Å²) in [5.74, 6) is -0.0807. The summed E-state index contributed by atoms with van der Waals surface area (Å²) in [7, 11) is 2.09. The van der Waals surface area contributed by atoms with E-state index in [2.05, 4.69) is 31.1 Å². The molecule has 0 aliphatic rings. The minimum atomic E-state index is -0.0807. The third-order valence-corrected chi connectivity index (χ3v) is 3.39. The quantitative estimate of drug-likeness (QED) is 0.610. The second kappa shape index (κ2) is 7.14. The number of amides is 1. The maximum absolute atomic E-state index is 12.1. The van der Waals surface area contributed by atoms with Crippen LogP contribution in [0.5, 0.6) is 0 Å². The van der Waals surface area contributed by atoms with Crippen LogP contribution >= 0.6 is 0 Å². The first-order chi connectivity index (χ1) is 8.93. The van der Waals surface area contributed by atoms with Crippen LogP contribution in [0.4, 0.5) is 5.69 Å². The average molecular weight is 263 g/mol. The van der Waals surface area contributed by atoms with Crippen molar-refractivity contribution in [3.63, 3.8) is 0 Å². The third-order valence-electron chi connectivity index (χ3n) is 3.39. The van der Waals surface area contributed by atoms with E-state index in [1.807, 2.05) is 19.1 Å². The first kappa shape index (κ1) is 15.5. The summed E-state index contributed by atoms with van der Waals surface area (Å²) in [5, 5.41) is 2.93. The van der Waals surface area contributed by atoms with E-state index in [-0.39, 0.29) is 5.91 Å². The number of anilines is 1. The Bertz CT molecular complexity index is 409. The summed E-state index contributed by atoms with van der Waals surface area (Å²) in [4.78, 5) is 14.3. The van der Waals surface area contributed by atoms with E-state index in [1.54, 1.807) is 6.07 Å². The van der Waals surface area contributed by atoms with Gasteiger partial charge in [0, 0.05) is 18.3 Å². The molecule has 0 fully saturated rings. The van der Waals surface area contributed by atoms with Crippen LogP contribution in [0.1, 0.15) is 36.2 Å². The number of rotatable bonds is 6. The Morgan fingerprint density at radius 1 is 1.42 bits per heavy atom. The monoisotopic (exact) mass is 263 g/mol. The minimum Gasteiger partial charge on any atom is -0.398 e. The van der Waals surface area contributed by atoms with Crippen LogP contribution in [0.2, 0.25) is 0 Å². The van der Waals surface area contributed by atoms with Gasteiger partial charge in [-0.25, -0.2) is 0 Å². The molecule has 0 heterocycles. The molecule has 1 aromatic carbocycles. The SMILES string of the molecule is Cc1cccc(N)c1C(=O)NCCCN(C)C(C)C. The van der Waals surface area contributed by atoms with Gasteiger partial charge in [0.25, 0.3) is 5.91 Å². The van der Waals surface area contributed by atoms with Gasteiger partial charge in [-0.1, -0.05) is 12.1 Å². The largest absolute Gasteiger partial charge is 0.398 e. The van der Waals surface area contributed by atoms with E-state index in [0.29, 0.717) is 23.8 Å². The lowest BCUT2D eigenvalue weighted by atomic mass is 10.1. The zero-order valence-electron chi connectivity index (χ0n) is 12.4. The van der Waals surface area contributed by atoms with Crippen molar-refractivity contribution in [2.75, 3.05) is 25.9 Å². The molecule has 0 aliphatic heterocycles. The van der Waals surface area contributed by atoms with Gasteiger partial charge in [0.1, 0.15) is 0 Å². The summed E-state index contributed by atoms with van der Waals surface area (Å²) < 4.78 is 0. The number of carbonyl (C=O) groups excluding carboxylic acids is 1. The highest BCUT2D eigenvalue weighted by Gasteiger charge is 2.11. The van der Waals surface area contributed by atoms with E-state index in [0.717, 1.165) is 18.5 Å². The number of nitrogen functional groups attached to an aromatic ring is 1. The predicted molar refractivity (Wildman–Crippen MR) is 80.3 cm³/mol. The Morgan fingerprint density at radius 3 is 2.68 bits per heavy atom. The number of hydrogen-bond acceptors (Lipinski definition) is 3. The summed E-state index contributed by atoms with van der Waals surface area (Å²) in [6, 6.07) is 6.05. The fourth-order valence-electron chi connectivity index (χ4n) is 1.88. The first-order valence-electron chi connectivity index (χ1n) is 6.77. The Balaban J connectivity index is 2.44. The normalized spacial score (nSPS) is 11.1. The number of hydrogen-bond donors (Lipinski definition) is 2. The molecule has 0 saturated heterocycles. The molecule has 0 atom stereocenters. The Labute approximate surface area is 116 Å². The number of aryl methyl sites for hydroxylation is 1. The molecule has 3 N–H and O–H groups in total. The summed E-state index contributed by atoms with van der Waals surface area (Å²) in [5.41, 5.74) is 7.89. The number of benzene rings is 1. The number of carbonyl (C=O) groups is 1. The van der Waals surface area contributed by atoms with Crippen LogP contribution < -0.4 is 11.1 Å². The Morgan fingerprint density at radius 2 is 2.11 bits per heavy atom. The van der Waals surface area contributed by atoms with Gasteiger partial charge in [0.2, 0.25) is 0 Å². The molecule has 0 saturated carbocycles. The molecule has 0 aromatic heterocycles. The van der Waals surface area contributed by atoms with Gasteiger partial charge in [0.15, 0.2) is 0 Å². The molecule has 0 unspecified atom stereocenters. The van der Waals surface area contributed by atoms with E-state index in [4.69, 9.17) is 5.73 Å². The topological polar surface area (TPSA) is 58.4 Å². The number of nitrogens with two attached hydrogens (primary N) is 1. The fourth-order valence-corrected chi connectivity index (χ4v) is 1.88. The third kappa shape index (κ3) is 4.56. The lowest BCUT2D eigenvalue weighted by Crippen LogP contribution is -2.31. The maximum atomic E-state index is 12.1. The van der Waals surface area contributed by atoms with Crippen LogP contribution in [0.3, 0.4) is 0 Å². The van der Waals surface area contributed by atoms with Crippen LogP contribution in [0.25, 0.3) is 0 Å². The van der Waals surface area contributed by atoms with E-state index >= 15 is 0 Å². The highest BCUT2D eigenvalue weighted by Crippen LogP contribution is 2.15. The lowest BCUT2D eigenvalue weighted by molar-refractivity contribution is 0.0952. The van der Waals surface area contributed by atoms with Crippen molar-refractivity contribution in [1.82, 2.24) is 10.2 Å². The van der Waals surface area contributed by atoms with Gasteiger partial charge < -0.3 is 16.0 Å². The highest BCUT2D eigenvalue weighted by atomic mass is 16.1. The van der Waals surface area contributed by atoms with E-state index in [9.17, 15) is 4.79 Å². The molecular formula is C15H25N3O. The number of nitrogens with zero attached hydrogens (tertiary/aromatic N) is 1. The molecular weight excluding hydrogens is 238 g/mol. The second-order valence-corrected chi connectivity index (χ2v) is 5.22. The molecule has 0 aliphatic carbocycles. The minimum absolute atomic E-state index is 0.0807. The Kier molecular flexibility index (Phi) is 5.83. The Hall–Kier alpha value is -1.55. The molecule has 1 aromatic rings. The molecule has 1 rings (SSSR count). The molecule has 4 nitrogen and oxygen atoms in total. The van der Waals surface area contributed by atoms with Gasteiger partial charge in [-0.15, -0.1) is 0 Å². The zero-order valence-corrected chi connectivity index (χ0v) is 12.4. The van der Waals surface area contributed by atoms with Crippen LogP contribution in [0, 0.1) is 6.92 Å². The molecule has 0 spiro atoms. The molecule has 1 amide bonds. The van der Waals surface area contributed by atoms with Gasteiger partial charge in [-0.05, 0) is 52.4 Å². The van der Waals surface area contributed by atoms with Crippen molar-refractivity contribution in [2.45, 2.75) is 33.2 Å². The zero-order chi connectivity index (χ0) is 14.4. The lowest BCUT2D eigenvalue weighted by Gasteiger charge is -2.20. The highest BCUT2D eigenvalue weighted by molar-refractivity contribution is 6.00. The van der Waals surface area contributed by atoms with Crippen molar-refractivity contribution in [3.05, 3.63) is 29.3 Å². The van der Waals surface area contributed by atoms with Crippen LogP contribution in [-0.2, 0) is 0 Å². The summed E-state index contributed by atoms with van der Waals surface area (Å²) >= 11 is 0. The second-order valence-electron chi connectivity index (χ2n) is 5.22. The van der Waals surface area contributed by atoms with E-state index in [1.165, 1.54) is 0 Å². The summed E-state index contributed by atoms with van der Waals surface area (Å²) in [6.07, 6.45) is 0.937. The van der Waals surface area contributed by atoms with E-state index < -0.39 is 0 Å².